The summed E-state index contributed by atoms with van der Waals surface area (Å²) in [5, 5.41) is 10.00. The van der Waals surface area contributed by atoms with Gasteiger partial charge in [0, 0.05) is 5.56 Å². The molecule has 1 N–H and O–H groups in total. The van der Waals surface area contributed by atoms with E-state index in [0.29, 0.717) is 5.75 Å². The van der Waals surface area contributed by atoms with Crippen LogP contribution in [-0.4, -0.2) is 11.2 Å². The van der Waals surface area contributed by atoms with Gasteiger partial charge in [-0.05, 0) is 50.3 Å². The quantitative estimate of drug-likeness (QED) is 0.802. The fourth-order valence-electron chi connectivity index (χ4n) is 2.39. The summed E-state index contributed by atoms with van der Waals surface area (Å²) in [5.41, 5.74) is 2.19. The van der Waals surface area contributed by atoms with Crippen LogP contribution in [0.1, 0.15) is 50.7 Å². The maximum absolute atomic E-state index is 10.00. The molecule has 1 heterocycles. The Morgan fingerprint density at radius 2 is 2.18 bits per heavy atom. The highest BCUT2D eigenvalue weighted by atomic mass is 16.5. The Morgan fingerprint density at radius 1 is 1.35 bits per heavy atom. The van der Waals surface area contributed by atoms with E-state index in [1.165, 1.54) is 24.8 Å². The zero-order valence-electron chi connectivity index (χ0n) is 10.8. The number of phenolic OH excluding ortho intramolecular Hbond substituents is 1. The molecule has 1 aliphatic heterocycles. The normalized spacial score (nSPS) is 18.6. The monoisotopic (exact) mass is 234 g/mol. The molecule has 0 radical (unpaired) electrons. The molecule has 1 aromatic rings. The summed E-state index contributed by atoms with van der Waals surface area (Å²) in [6.45, 7) is 4.29. The maximum atomic E-state index is 10.00. The summed E-state index contributed by atoms with van der Waals surface area (Å²) >= 11 is 0. The first-order chi connectivity index (χ1) is 8.20. The SMILES string of the molecule is CCCCCc1cc(O)c2c(c1)OC(C)CC2. The molecule has 1 aliphatic rings. The lowest BCUT2D eigenvalue weighted by atomic mass is 9.98. The van der Waals surface area contributed by atoms with Gasteiger partial charge in [-0.15, -0.1) is 0 Å². The Kier molecular flexibility index (Phi) is 3.93. The molecule has 17 heavy (non-hydrogen) atoms. The molecule has 0 saturated carbocycles. The van der Waals surface area contributed by atoms with E-state index in [0.717, 1.165) is 30.6 Å². The van der Waals surface area contributed by atoms with Gasteiger partial charge in [-0.25, -0.2) is 0 Å². The molecule has 1 unspecified atom stereocenters. The molecule has 1 atom stereocenters. The minimum absolute atomic E-state index is 0.271. The van der Waals surface area contributed by atoms with Gasteiger partial charge in [0.05, 0.1) is 6.10 Å². The van der Waals surface area contributed by atoms with Crippen molar-refractivity contribution in [2.45, 2.75) is 58.5 Å². The number of ether oxygens (including phenoxy) is 1. The molecule has 0 spiro atoms. The van der Waals surface area contributed by atoms with Crippen LogP contribution in [0.2, 0.25) is 0 Å². The Labute approximate surface area is 104 Å². The van der Waals surface area contributed by atoms with Gasteiger partial charge in [-0.3, -0.25) is 0 Å². The Hall–Kier alpha value is -1.18. The lowest BCUT2D eigenvalue weighted by Gasteiger charge is -2.24. The second kappa shape index (κ2) is 5.44. The minimum atomic E-state index is 0.271. The zero-order valence-corrected chi connectivity index (χ0v) is 10.8. The van der Waals surface area contributed by atoms with E-state index in [1.54, 1.807) is 0 Å². The molecule has 0 aromatic heterocycles. The molecule has 0 amide bonds. The average molecular weight is 234 g/mol. The van der Waals surface area contributed by atoms with Gasteiger partial charge in [0.15, 0.2) is 0 Å². The van der Waals surface area contributed by atoms with Crippen LogP contribution < -0.4 is 4.74 Å². The molecule has 2 nitrogen and oxygen atoms in total. The van der Waals surface area contributed by atoms with Crippen molar-refractivity contribution in [3.8, 4) is 11.5 Å². The number of aryl methyl sites for hydroxylation is 1. The van der Waals surface area contributed by atoms with Crippen molar-refractivity contribution in [2.75, 3.05) is 0 Å². The number of benzene rings is 1. The number of rotatable bonds is 4. The molecule has 0 aliphatic carbocycles. The first-order valence-electron chi connectivity index (χ1n) is 6.72. The van der Waals surface area contributed by atoms with Gasteiger partial charge >= 0.3 is 0 Å². The third-order valence-corrected chi connectivity index (χ3v) is 3.44. The summed E-state index contributed by atoms with van der Waals surface area (Å²) in [7, 11) is 0. The van der Waals surface area contributed by atoms with E-state index in [4.69, 9.17) is 4.74 Å². The number of hydrogen-bond donors (Lipinski definition) is 1. The highest BCUT2D eigenvalue weighted by molar-refractivity contribution is 5.48. The summed E-state index contributed by atoms with van der Waals surface area (Å²) in [5.74, 6) is 1.32. The topological polar surface area (TPSA) is 29.5 Å². The Bertz CT molecular complexity index is 385. The van der Waals surface area contributed by atoms with Crippen LogP contribution in [0, 0.1) is 0 Å². The zero-order chi connectivity index (χ0) is 12.3. The van der Waals surface area contributed by atoms with Gasteiger partial charge < -0.3 is 9.84 Å². The lowest BCUT2D eigenvalue weighted by Crippen LogP contribution is -2.19. The maximum Gasteiger partial charge on any atom is 0.126 e. The van der Waals surface area contributed by atoms with E-state index in [1.807, 2.05) is 6.07 Å². The lowest BCUT2D eigenvalue weighted by molar-refractivity contribution is 0.190. The van der Waals surface area contributed by atoms with Crippen LogP contribution >= 0.6 is 0 Å². The highest BCUT2D eigenvalue weighted by Gasteiger charge is 2.19. The van der Waals surface area contributed by atoms with E-state index in [2.05, 4.69) is 19.9 Å². The first kappa shape index (κ1) is 12.3. The second-order valence-electron chi connectivity index (χ2n) is 5.02. The van der Waals surface area contributed by atoms with Crippen LogP contribution in [0.4, 0.5) is 0 Å². The van der Waals surface area contributed by atoms with E-state index >= 15 is 0 Å². The highest BCUT2D eigenvalue weighted by Crippen LogP contribution is 2.35. The van der Waals surface area contributed by atoms with Crippen molar-refractivity contribution >= 4 is 0 Å². The van der Waals surface area contributed by atoms with Gasteiger partial charge in [-0.1, -0.05) is 19.8 Å². The van der Waals surface area contributed by atoms with Crippen LogP contribution in [0.3, 0.4) is 0 Å². The fourth-order valence-corrected chi connectivity index (χ4v) is 2.39. The van der Waals surface area contributed by atoms with Gasteiger partial charge in [0.2, 0.25) is 0 Å². The van der Waals surface area contributed by atoms with Crippen molar-refractivity contribution in [1.82, 2.24) is 0 Å². The molecule has 2 rings (SSSR count). The summed E-state index contributed by atoms with van der Waals surface area (Å²) in [6.07, 6.45) is 6.89. The van der Waals surface area contributed by atoms with Crippen LogP contribution in [0.25, 0.3) is 0 Å². The smallest absolute Gasteiger partial charge is 0.126 e. The first-order valence-corrected chi connectivity index (χ1v) is 6.72. The Morgan fingerprint density at radius 3 is 2.94 bits per heavy atom. The third-order valence-electron chi connectivity index (χ3n) is 3.44. The van der Waals surface area contributed by atoms with E-state index in [9.17, 15) is 5.11 Å². The predicted octanol–water partition coefficient (Wildman–Crippen LogP) is 3.84. The fraction of sp³-hybridized carbons (Fsp3) is 0.600. The third kappa shape index (κ3) is 2.93. The molecular formula is C15H22O2. The molecule has 1 aromatic carbocycles. The van der Waals surface area contributed by atoms with Crippen molar-refractivity contribution < 1.29 is 9.84 Å². The van der Waals surface area contributed by atoms with Gasteiger partial charge in [0.1, 0.15) is 11.5 Å². The van der Waals surface area contributed by atoms with Gasteiger partial charge in [0.25, 0.3) is 0 Å². The molecule has 2 heteroatoms. The van der Waals surface area contributed by atoms with Crippen molar-refractivity contribution in [1.29, 1.82) is 0 Å². The largest absolute Gasteiger partial charge is 0.508 e. The van der Waals surface area contributed by atoms with Crippen molar-refractivity contribution in [3.63, 3.8) is 0 Å². The summed E-state index contributed by atoms with van der Waals surface area (Å²) in [6, 6.07) is 4.02. The minimum Gasteiger partial charge on any atom is -0.508 e. The van der Waals surface area contributed by atoms with Crippen LogP contribution in [-0.2, 0) is 12.8 Å². The van der Waals surface area contributed by atoms with Gasteiger partial charge in [-0.2, -0.15) is 0 Å². The summed E-state index contributed by atoms with van der Waals surface area (Å²) < 4.78 is 5.80. The van der Waals surface area contributed by atoms with Crippen LogP contribution in [0.15, 0.2) is 12.1 Å². The van der Waals surface area contributed by atoms with E-state index < -0.39 is 0 Å². The van der Waals surface area contributed by atoms with Crippen LogP contribution in [0.5, 0.6) is 11.5 Å². The number of aromatic hydroxyl groups is 1. The molecule has 0 bridgehead atoms. The second-order valence-corrected chi connectivity index (χ2v) is 5.02. The number of phenols is 1. The summed E-state index contributed by atoms with van der Waals surface area (Å²) in [4.78, 5) is 0. The Balaban J connectivity index is 2.14. The molecular weight excluding hydrogens is 212 g/mol. The van der Waals surface area contributed by atoms with Crippen molar-refractivity contribution in [3.05, 3.63) is 23.3 Å². The molecule has 0 fully saturated rings. The average Bonchev–Trinajstić information content (AvgIpc) is 2.28. The van der Waals surface area contributed by atoms with Crippen molar-refractivity contribution in [2.24, 2.45) is 0 Å². The predicted molar refractivity (Wildman–Crippen MR) is 69.7 cm³/mol. The molecule has 0 saturated heterocycles. The standard InChI is InChI=1S/C15H22O2/c1-3-4-5-6-12-9-14(16)13-8-7-11(2)17-15(13)10-12/h9-11,16H,3-8H2,1-2H3. The number of hydrogen-bond acceptors (Lipinski definition) is 2. The number of unbranched alkanes of at least 4 members (excludes halogenated alkanes) is 2. The van der Waals surface area contributed by atoms with E-state index in [-0.39, 0.29) is 6.10 Å². The number of fused-ring (bicyclic) bond motifs is 1. The molecule has 94 valence electrons.